The van der Waals surface area contributed by atoms with Gasteiger partial charge in [0.05, 0.1) is 12.8 Å². The maximum atomic E-state index is 13.0. The van der Waals surface area contributed by atoms with Crippen molar-refractivity contribution in [3.05, 3.63) is 53.6 Å². The summed E-state index contributed by atoms with van der Waals surface area (Å²) in [6.45, 7) is 0.105. The quantitative estimate of drug-likeness (QED) is 0.499. The summed E-state index contributed by atoms with van der Waals surface area (Å²) in [7, 11) is 1.49. The molecule has 27 heavy (non-hydrogen) atoms. The smallest absolute Gasteiger partial charge is 0.270 e. The summed E-state index contributed by atoms with van der Waals surface area (Å²) in [5, 5.41) is 2.58. The zero-order valence-corrected chi connectivity index (χ0v) is 15.0. The fraction of sp³-hybridized carbons (Fsp3) is 0.105. The first-order valence-corrected chi connectivity index (χ1v) is 8.43. The molecular weight excluding hydrogens is 368 g/mol. The molecule has 1 fully saturated rings. The number of nitrogens with zero attached hydrogens (tertiary/aromatic N) is 1. The van der Waals surface area contributed by atoms with Crippen LogP contribution in [0.15, 0.2) is 48.0 Å². The zero-order chi connectivity index (χ0) is 19.0. The summed E-state index contributed by atoms with van der Waals surface area (Å²) in [6.07, 6.45) is 1.45. The molecule has 2 heterocycles. The third-order valence-electron chi connectivity index (χ3n) is 4.14. The van der Waals surface area contributed by atoms with E-state index in [1.54, 1.807) is 36.4 Å². The number of para-hydroxylation sites is 1. The summed E-state index contributed by atoms with van der Waals surface area (Å²) in [6, 6.07) is 12.2. The van der Waals surface area contributed by atoms with Gasteiger partial charge in [-0.25, -0.2) is 0 Å². The number of nitrogens with one attached hydrogen (secondary N) is 1. The van der Waals surface area contributed by atoms with Crippen molar-refractivity contribution in [2.75, 3.05) is 18.8 Å². The van der Waals surface area contributed by atoms with Crippen LogP contribution in [0.25, 0.3) is 6.08 Å². The zero-order valence-electron chi connectivity index (χ0n) is 14.2. The minimum atomic E-state index is -0.572. The molecule has 2 amide bonds. The Balaban J connectivity index is 1.77. The maximum absolute atomic E-state index is 13.0. The predicted molar refractivity (Wildman–Crippen MR) is 102 cm³/mol. The van der Waals surface area contributed by atoms with Crippen molar-refractivity contribution in [3.63, 3.8) is 0 Å². The molecule has 8 heteroatoms. The highest BCUT2D eigenvalue weighted by atomic mass is 32.1. The Hall–Kier alpha value is -3.39. The van der Waals surface area contributed by atoms with E-state index in [-0.39, 0.29) is 17.5 Å². The van der Waals surface area contributed by atoms with Crippen LogP contribution in [0.4, 0.5) is 5.69 Å². The number of anilines is 1. The van der Waals surface area contributed by atoms with Gasteiger partial charge in [0.2, 0.25) is 6.79 Å². The van der Waals surface area contributed by atoms with Gasteiger partial charge < -0.3 is 14.2 Å². The first-order valence-electron chi connectivity index (χ1n) is 8.02. The van der Waals surface area contributed by atoms with Crippen LogP contribution >= 0.6 is 12.2 Å². The lowest BCUT2D eigenvalue weighted by atomic mass is 10.1. The molecule has 0 spiro atoms. The van der Waals surface area contributed by atoms with Crippen LogP contribution in [0.5, 0.6) is 17.2 Å². The van der Waals surface area contributed by atoms with E-state index >= 15 is 0 Å². The number of methoxy groups -OCH3 is 1. The molecule has 4 rings (SSSR count). The van der Waals surface area contributed by atoms with Gasteiger partial charge in [-0.05, 0) is 36.5 Å². The van der Waals surface area contributed by atoms with Gasteiger partial charge in [0, 0.05) is 11.6 Å². The molecule has 1 N–H and O–H groups in total. The van der Waals surface area contributed by atoms with Crippen LogP contribution in [0.3, 0.4) is 0 Å². The van der Waals surface area contributed by atoms with E-state index in [9.17, 15) is 9.59 Å². The summed E-state index contributed by atoms with van der Waals surface area (Å²) in [4.78, 5) is 26.7. The van der Waals surface area contributed by atoms with Gasteiger partial charge >= 0.3 is 0 Å². The fourth-order valence-corrected chi connectivity index (χ4v) is 3.13. The number of thiocarbonyl (C=S) groups is 1. The Morgan fingerprint density at radius 3 is 2.56 bits per heavy atom. The molecule has 2 aromatic carbocycles. The van der Waals surface area contributed by atoms with Crippen LogP contribution in [-0.2, 0) is 9.59 Å². The molecule has 0 unspecified atom stereocenters. The highest BCUT2D eigenvalue weighted by molar-refractivity contribution is 7.80. The van der Waals surface area contributed by atoms with E-state index < -0.39 is 11.8 Å². The van der Waals surface area contributed by atoms with Gasteiger partial charge in [-0.3, -0.25) is 19.8 Å². The molecule has 0 bridgehead atoms. The molecule has 0 atom stereocenters. The number of ether oxygens (including phenoxy) is 3. The van der Waals surface area contributed by atoms with E-state index in [1.807, 2.05) is 6.07 Å². The summed E-state index contributed by atoms with van der Waals surface area (Å²) in [5.74, 6) is 0.417. The molecule has 0 aromatic heterocycles. The molecule has 7 nitrogen and oxygen atoms in total. The molecule has 0 radical (unpaired) electrons. The van der Waals surface area contributed by atoms with Crippen LogP contribution in [0.2, 0.25) is 0 Å². The topological polar surface area (TPSA) is 77.1 Å². The second-order valence-electron chi connectivity index (χ2n) is 5.74. The normalized spacial score (nSPS) is 17.3. The summed E-state index contributed by atoms with van der Waals surface area (Å²) < 4.78 is 16.0. The van der Waals surface area contributed by atoms with Gasteiger partial charge in [-0.1, -0.05) is 18.2 Å². The van der Waals surface area contributed by atoms with Crippen LogP contribution < -0.4 is 24.4 Å². The van der Waals surface area contributed by atoms with Crippen molar-refractivity contribution in [3.8, 4) is 17.2 Å². The first-order chi connectivity index (χ1) is 13.1. The number of hydrogen-bond donors (Lipinski definition) is 1. The minimum absolute atomic E-state index is 0.0333. The van der Waals surface area contributed by atoms with Crippen molar-refractivity contribution in [2.24, 2.45) is 0 Å². The number of carbonyl (C=O) groups excluding carboxylic acids is 2. The van der Waals surface area contributed by atoms with Gasteiger partial charge in [0.1, 0.15) is 11.3 Å². The standard InChI is InChI=1S/C19H14N2O5S/c1-24-14-9-16-15(25-10-26-16)8-11(14)7-13-17(22)20-19(27)21(18(13)23)12-5-3-2-4-6-12/h2-9H,10H2,1H3,(H,20,22,27)/b13-7-. The van der Waals surface area contributed by atoms with Gasteiger partial charge in [0.25, 0.3) is 11.8 Å². The molecule has 1 saturated heterocycles. The average molecular weight is 382 g/mol. The number of hydrogen-bond acceptors (Lipinski definition) is 6. The average Bonchev–Trinajstić information content (AvgIpc) is 3.12. The number of rotatable bonds is 3. The Bertz CT molecular complexity index is 987. The number of amides is 2. The lowest BCUT2D eigenvalue weighted by Gasteiger charge is -2.28. The van der Waals surface area contributed by atoms with Crippen LogP contribution in [0.1, 0.15) is 5.56 Å². The molecule has 2 aliphatic rings. The molecule has 2 aromatic rings. The Labute approximate surface area is 160 Å². The molecule has 0 saturated carbocycles. The number of benzene rings is 2. The van der Waals surface area contributed by atoms with E-state index in [1.165, 1.54) is 18.1 Å². The summed E-state index contributed by atoms with van der Waals surface area (Å²) >= 11 is 5.18. The van der Waals surface area contributed by atoms with Crippen molar-refractivity contribution in [1.29, 1.82) is 0 Å². The van der Waals surface area contributed by atoms with Crippen LogP contribution in [0, 0.1) is 0 Å². The molecule has 136 valence electrons. The molecule has 0 aliphatic carbocycles. The third-order valence-corrected chi connectivity index (χ3v) is 4.43. The van der Waals surface area contributed by atoms with E-state index in [2.05, 4.69) is 5.32 Å². The lowest BCUT2D eigenvalue weighted by Crippen LogP contribution is -2.54. The van der Waals surface area contributed by atoms with Gasteiger partial charge in [-0.2, -0.15) is 0 Å². The van der Waals surface area contributed by atoms with Crippen molar-refractivity contribution < 1.29 is 23.8 Å². The second kappa shape index (κ2) is 6.73. The lowest BCUT2D eigenvalue weighted by molar-refractivity contribution is -0.122. The van der Waals surface area contributed by atoms with Crippen LogP contribution in [-0.4, -0.2) is 30.8 Å². The summed E-state index contributed by atoms with van der Waals surface area (Å²) in [5.41, 5.74) is 1.02. The van der Waals surface area contributed by atoms with Crippen molar-refractivity contribution >= 4 is 40.9 Å². The number of fused-ring (bicyclic) bond motifs is 1. The Morgan fingerprint density at radius 1 is 1.15 bits per heavy atom. The minimum Gasteiger partial charge on any atom is -0.496 e. The van der Waals surface area contributed by atoms with Crippen molar-refractivity contribution in [2.45, 2.75) is 0 Å². The van der Waals surface area contributed by atoms with E-state index in [0.29, 0.717) is 28.5 Å². The largest absolute Gasteiger partial charge is 0.496 e. The maximum Gasteiger partial charge on any atom is 0.270 e. The van der Waals surface area contributed by atoms with E-state index in [0.717, 1.165) is 0 Å². The highest BCUT2D eigenvalue weighted by Crippen LogP contribution is 2.39. The Morgan fingerprint density at radius 2 is 1.85 bits per heavy atom. The monoisotopic (exact) mass is 382 g/mol. The fourth-order valence-electron chi connectivity index (χ4n) is 2.85. The first kappa shape index (κ1) is 17.0. The SMILES string of the molecule is COc1cc2c(cc1/C=C1/C(=O)NC(=S)N(c3ccccc3)C1=O)OCO2. The van der Waals surface area contributed by atoms with E-state index in [4.69, 9.17) is 26.4 Å². The van der Waals surface area contributed by atoms with Gasteiger partial charge in [0.15, 0.2) is 16.6 Å². The second-order valence-corrected chi connectivity index (χ2v) is 6.13. The molecular formula is C19H14N2O5S. The Kier molecular flexibility index (Phi) is 4.25. The van der Waals surface area contributed by atoms with Gasteiger partial charge in [-0.15, -0.1) is 0 Å². The predicted octanol–water partition coefficient (Wildman–Crippen LogP) is 2.26. The van der Waals surface area contributed by atoms with Crippen molar-refractivity contribution in [1.82, 2.24) is 5.32 Å². The highest BCUT2D eigenvalue weighted by Gasteiger charge is 2.34. The molecule has 2 aliphatic heterocycles. The number of carbonyl (C=O) groups is 2. The third kappa shape index (κ3) is 3.00.